The van der Waals surface area contributed by atoms with Gasteiger partial charge in [-0.1, -0.05) is 232 Å². The third-order valence-corrected chi connectivity index (χ3v) is 11.3. The molecule has 8 heteroatoms. The molecule has 0 aromatic heterocycles. The Bertz CT molecular complexity index is 848. The molecule has 2 unspecified atom stereocenters. The summed E-state index contributed by atoms with van der Waals surface area (Å²) in [7, 11) is 5.93. The first-order valence-electron chi connectivity index (χ1n) is 24.8. The molecule has 2 N–H and O–H groups in total. The van der Waals surface area contributed by atoms with Crippen LogP contribution in [-0.2, 0) is 23.8 Å². The highest BCUT2D eigenvalue weighted by Crippen LogP contribution is 2.17. The van der Waals surface area contributed by atoms with Gasteiger partial charge in [-0.15, -0.1) is 0 Å². The number of hydrogen-bond acceptors (Lipinski definition) is 6. The molecule has 0 aromatic carbocycles. The Morgan fingerprint density at radius 1 is 0.456 bits per heavy atom. The average molecular weight is 813 g/mol. The number of hydrogen-bond donors (Lipinski definition) is 2. The summed E-state index contributed by atoms with van der Waals surface area (Å²) in [5.74, 6) is -1.60. The minimum atomic E-state index is -1.46. The van der Waals surface area contributed by atoms with Crippen molar-refractivity contribution in [3.05, 3.63) is 0 Å². The van der Waals surface area contributed by atoms with E-state index in [2.05, 4.69) is 6.92 Å². The SMILES string of the molecule is CCCCCCCCCCCCCCCCCCCCCCCCCCCCCCCCCCCCCCC(=O)OCC(O)COC(OCC[N+](C)(C)C)C(=O)O. The molecule has 0 bridgehead atoms. The van der Waals surface area contributed by atoms with Crippen LogP contribution < -0.4 is 0 Å². The van der Waals surface area contributed by atoms with Gasteiger partial charge in [0.15, 0.2) is 0 Å². The number of aliphatic hydroxyl groups is 1. The molecule has 0 rings (SSSR count). The number of carboxylic acids is 1. The third-order valence-electron chi connectivity index (χ3n) is 11.3. The van der Waals surface area contributed by atoms with Gasteiger partial charge in [0.25, 0.3) is 6.29 Å². The summed E-state index contributed by atoms with van der Waals surface area (Å²) in [4.78, 5) is 23.3. The van der Waals surface area contributed by atoms with Crippen LogP contribution in [0.25, 0.3) is 0 Å². The van der Waals surface area contributed by atoms with Crippen LogP contribution in [0.15, 0.2) is 0 Å². The predicted molar refractivity (Wildman–Crippen MR) is 240 cm³/mol. The van der Waals surface area contributed by atoms with Crippen LogP contribution in [-0.4, -0.2) is 86.5 Å². The molecular weight excluding hydrogens is 715 g/mol. The molecule has 0 aliphatic heterocycles. The van der Waals surface area contributed by atoms with Crippen molar-refractivity contribution in [2.24, 2.45) is 0 Å². The molecule has 0 saturated carbocycles. The predicted octanol–water partition coefficient (Wildman–Crippen LogP) is 13.5. The first-order chi connectivity index (χ1) is 27.7. The number of nitrogens with zero attached hydrogens (tertiary/aromatic N) is 1. The van der Waals surface area contributed by atoms with Gasteiger partial charge in [-0.25, -0.2) is 4.79 Å². The minimum absolute atomic E-state index is 0.214. The Morgan fingerprint density at radius 2 is 0.754 bits per heavy atom. The fourth-order valence-electron chi connectivity index (χ4n) is 7.49. The van der Waals surface area contributed by atoms with Crippen LogP contribution in [0.5, 0.6) is 0 Å². The molecule has 0 heterocycles. The number of ether oxygens (including phenoxy) is 3. The van der Waals surface area contributed by atoms with Gasteiger partial charge < -0.3 is 28.9 Å². The number of unbranched alkanes of at least 4 members (excludes halogenated alkanes) is 35. The van der Waals surface area contributed by atoms with Gasteiger partial charge >= 0.3 is 11.9 Å². The number of aliphatic carboxylic acids is 1. The van der Waals surface area contributed by atoms with E-state index in [0.717, 1.165) is 19.3 Å². The molecule has 0 aliphatic rings. The lowest BCUT2D eigenvalue weighted by molar-refractivity contribution is -0.870. The van der Waals surface area contributed by atoms with Gasteiger partial charge in [0.05, 0.1) is 34.4 Å². The molecule has 0 spiro atoms. The third kappa shape index (κ3) is 45.7. The Morgan fingerprint density at radius 3 is 1.04 bits per heavy atom. The molecule has 8 nitrogen and oxygen atoms in total. The van der Waals surface area contributed by atoms with Gasteiger partial charge in [-0.2, -0.15) is 0 Å². The maximum atomic E-state index is 12.0. The average Bonchev–Trinajstić information content (AvgIpc) is 3.17. The zero-order valence-electron chi connectivity index (χ0n) is 38.5. The van der Waals surface area contributed by atoms with Crippen LogP contribution in [0.1, 0.15) is 244 Å². The van der Waals surface area contributed by atoms with Crippen LogP contribution in [0.3, 0.4) is 0 Å². The van der Waals surface area contributed by atoms with Crippen molar-refractivity contribution in [2.75, 3.05) is 47.5 Å². The van der Waals surface area contributed by atoms with Gasteiger partial charge in [0, 0.05) is 6.42 Å². The molecule has 57 heavy (non-hydrogen) atoms. The second-order valence-corrected chi connectivity index (χ2v) is 18.3. The lowest BCUT2D eigenvalue weighted by Crippen LogP contribution is -2.40. The van der Waals surface area contributed by atoms with Crippen molar-refractivity contribution in [3.63, 3.8) is 0 Å². The normalized spacial score (nSPS) is 12.9. The monoisotopic (exact) mass is 813 g/mol. The second-order valence-electron chi connectivity index (χ2n) is 18.3. The number of carboxylic acid groups (broad SMARTS) is 1. The molecule has 0 fully saturated rings. The van der Waals surface area contributed by atoms with E-state index in [1.165, 1.54) is 212 Å². The summed E-state index contributed by atoms with van der Waals surface area (Å²) in [6.45, 7) is 2.63. The Balaban J connectivity index is 3.30. The van der Waals surface area contributed by atoms with Crippen LogP contribution in [0.4, 0.5) is 0 Å². The second kappa shape index (κ2) is 42.9. The van der Waals surface area contributed by atoms with Crippen molar-refractivity contribution >= 4 is 11.9 Å². The number of quaternary nitrogens is 1. The smallest absolute Gasteiger partial charge is 0.361 e. The zero-order valence-corrected chi connectivity index (χ0v) is 38.5. The summed E-state index contributed by atoms with van der Waals surface area (Å²) in [5.41, 5.74) is 0. The fourth-order valence-corrected chi connectivity index (χ4v) is 7.49. The molecule has 0 aromatic rings. The molecule has 340 valence electrons. The number of likely N-dealkylation sites (N-methyl/N-ethyl adjacent to an activating group) is 1. The quantitative estimate of drug-likeness (QED) is 0.0273. The van der Waals surface area contributed by atoms with Gasteiger partial charge in [-0.3, -0.25) is 4.79 Å². The number of carbonyl (C=O) groups is 2. The lowest BCUT2D eigenvalue weighted by atomic mass is 10.0. The van der Waals surface area contributed by atoms with Crippen LogP contribution in [0, 0.1) is 0 Å². The van der Waals surface area contributed by atoms with Crippen molar-refractivity contribution in [3.8, 4) is 0 Å². The van der Waals surface area contributed by atoms with Crippen molar-refractivity contribution < 1.29 is 38.5 Å². The number of carbonyl (C=O) groups excluding carboxylic acids is 1. The van der Waals surface area contributed by atoms with Crippen LogP contribution >= 0.6 is 0 Å². The molecule has 0 radical (unpaired) electrons. The number of esters is 1. The molecular formula is C49H98NO7+. The van der Waals surface area contributed by atoms with E-state index < -0.39 is 18.4 Å². The number of aliphatic hydroxyl groups excluding tert-OH is 1. The molecule has 2 atom stereocenters. The van der Waals surface area contributed by atoms with E-state index >= 15 is 0 Å². The lowest BCUT2D eigenvalue weighted by Gasteiger charge is -2.24. The fraction of sp³-hybridized carbons (Fsp3) is 0.959. The summed E-state index contributed by atoms with van der Waals surface area (Å²) < 4.78 is 16.2. The van der Waals surface area contributed by atoms with E-state index in [1.54, 1.807) is 0 Å². The highest BCUT2D eigenvalue weighted by molar-refractivity contribution is 5.70. The van der Waals surface area contributed by atoms with Crippen molar-refractivity contribution in [1.82, 2.24) is 0 Å². The Labute approximate surface area is 353 Å². The minimum Gasteiger partial charge on any atom is -0.477 e. The highest BCUT2D eigenvalue weighted by Gasteiger charge is 2.22. The summed E-state index contributed by atoms with van der Waals surface area (Å²) in [6, 6.07) is 0. The van der Waals surface area contributed by atoms with E-state index in [-0.39, 0.29) is 25.8 Å². The maximum Gasteiger partial charge on any atom is 0.361 e. The van der Waals surface area contributed by atoms with Crippen molar-refractivity contribution in [2.45, 2.75) is 257 Å². The van der Waals surface area contributed by atoms with E-state index in [9.17, 15) is 19.8 Å². The first-order valence-corrected chi connectivity index (χ1v) is 24.8. The van der Waals surface area contributed by atoms with E-state index in [4.69, 9.17) is 14.2 Å². The molecule has 0 aliphatic carbocycles. The first kappa shape index (κ1) is 55.8. The van der Waals surface area contributed by atoms with Gasteiger partial charge in [-0.05, 0) is 6.42 Å². The number of rotatable bonds is 47. The Kier molecular flexibility index (Phi) is 42.0. The molecule has 0 amide bonds. The highest BCUT2D eigenvalue weighted by atomic mass is 16.7. The standard InChI is InChI=1S/C49H97NO7/c1-5-6-7-8-9-10-11-12-13-14-15-16-17-18-19-20-21-22-23-24-25-26-27-28-29-30-31-32-33-34-35-36-37-38-39-40-41-47(52)56-44-46(51)45-57-49(48(53)54)55-43-42-50(2,3)4/h46,49,51H,5-45H2,1-4H3/p+1. The van der Waals surface area contributed by atoms with E-state index in [0.29, 0.717) is 17.4 Å². The zero-order chi connectivity index (χ0) is 41.9. The largest absolute Gasteiger partial charge is 0.477 e. The topological polar surface area (TPSA) is 102 Å². The summed E-state index contributed by atoms with van der Waals surface area (Å²) in [6.07, 6.45) is 47.7. The summed E-state index contributed by atoms with van der Waals surface area (Å²) >= 11 is 0. The van der Waals surface area contributed by atoms with Gasteiger partial charge in [0.1, 0.15) is 19.3 Å². The van der Waals surface area contributed by atoms with Gasteiger partial charge in [0.2, 0.25) is 0 Å². The molecule has 0 saturated heterocycles. The maximum absolute atomic E-state index is 12.0. The summed E-state index contributed by atoms with van der Waals surface area (Å²) in [5, 5.41) is 19.3. The van der Waals surface area contributed by atoms with Crippen molar-refractivity contribution in [1.29, 1.82) is 0 Å². The van der Waals surface area contributed by atoms with E-state index in [1.807, 2.05) is 21.1 Å². The van der Waals surface area contributed by atoms with Crippen LogP contribution in [0.2, 0.25) is 0 Å². The Hall–Kier alpha value is -1.22.